The van der Waals surface area contributed by atoms with Gasteiger partial charge in [0.25, 0.3) is 0 Å². The smallest absolute Gasteiger partial charge is 0.248 e. The minimum Gasteiger partial charge on any atom is -0.490 e. The molecule has 0 saturated carbocycles. The van der Waals surface area contributed by atoms with Crippen molar-refractivity contribution in [2.45, 2.75) is 47.0 Å². The van der Waals surface area contributed by atoms with E-state index in [1.807, 2.05) is 45.0 Å². The Morgan fingerprint density at radius 3 is 1.70 bits per heavy atom. The van der Waals surface area contributed by atoms with Crippen molar-refractivity contribution in [1.29, 1.82) is 0 Å². The van der Waals surface area contributed by atoms with Gasteiger partial charge < -0.3 is 18.6 Å². The van der Waals surface area contributed by atoms with Crippen molar-refractivity contribution in [2.75, 3.05) is 19.8 Å². The summed E-state index contributed by atoms with van der Waals surface area (Å²) >= 11 is 0. The van der Waals surface area contributed by atoms with Gasteiger partial charge in [0.1, 0.15) is 0 Å². The largest absolute Gasteiger partial charge is 0.490 e. The van der Waals surface area contributed by atoms with E-state index in [9.17, 15) is 0 Å². The van der Waals surface area contributed by atoms with Crippen LogP contribution in [0, 0.1) is 0 Å². The van der Waals surface area contributed by atoms with Crippen molar-refractivity contribution in [2.24, 2.45) is 0 Å². The molecule has 30 heavy (non-hydrogen) atoms. The number of nitrogens with zero attached hydrogens (tertiary/aromatic N) is 2. The fraction of sp³-hybridized carbons (Fsp3) is 0.417. The minimum absolute atomic E-state index is 0.0895. The maximum atomic E-state index is 5.97. The standard InChI is InChI=1S/C24H30N2O4/c1-7-27-19-14-17(15-20(28-8-2)21(19)29-9-3)23-26-25-22(30-23)16-10-12-18(13-11-16)24(4,5)6/h10-15H,7-9H2,1-6H3. The molecule has 0 aliphatic carbocycles. The molecule has 0 aliphatic heterocycles. The maximum Gasteiger partial charge on any atom is 0.248 e. The average Bonchev–Trinajstić information content (AvgIpc) is 3.20. The zero-order valence-corrected chi connectivity index (χ0v) is 18.6. The summed E-state index contributed by atoms with van der Waals surface area (Å²) in [7, 11) is 0. The van der Waals surface area contributed by atoms with Crippen LogP contribution in [0.5, 0.6) is 17.2 Å². The number of rotatable bonds is 8. The van der Waals surface area contributed by atoms with Crippen molar-refractivity contribution >= 4 is 0 Å². The predicted molar refractivity (Wildman–Crippen MR) is 117 cm³/mol. The normalized spacial score (nSPS) is 11.4. The molecule has 6 nitrogen and oxygen atoms in total. The van der Waals surface area contributed by atoms with Crippen LogP contribution in [0.4, 0.5) is 0 Å². The van der Waals surface area contributed by atoms with Gasteiger partial charge in [-0.3, -0.25) is 0 Å². The molecule has 0 aliphatic rings. The second-order valence-corrected chi connectivity index (χ2v) is 7.84. The Labute approximate surface area is 178 Å². The van der Waals surface area contributed by atoms with E-state index < -0.39 is 0 Å². The lowest BCUT2D eigenvalue weighted by Crippen LogP contribution is -2.10. The molecule has 0 atom stereocenters. The Kier molecular flexibility index (Phi) is 6.65. The molecule has 0 unspecified atom stereocenters. The highest BCUT2D eigenvalue weighted by Gasteiger charge is 2.20. The zero-order valence-electron chi connectivity index (χ0n) is 18.6. The Morgan fingerprint density at radius 2 is 1.23 bits per heavy atom. The third-order valence-corrected chi connectivity index (χ3v) is 4.58. The van der Waals surface area contributed by atoms with Crippen molar-refractivity contribution in [1.82, 2.24) is 10.2 Å². The lowest BCUT2D eigenvalue weighted by molar-refractivity contribution is 0.261. The predicted octanol–water partition coefficient (Wildman–Crippen LogP) is 5.90. The van der Waals surface area contributed by atoms with Crippen molar-refractivity contribution in [3.63, 3.8) is 0 Å². The van der Waals surface area contributed by atoms with Crippen LogP contribution in [0.1, 0.15) is 47.1 Å². The van der Waals surface area contributed by atoms with E-state index in [4.69, 9.17) is 18.6 Å². The van der Waals surface area contributed by atoms with E-state index in [2.05, 4.69) is 43.1 Å². The van der Waals surface area contributed by atoms with Crippen LogP contribution in [-0.2, 0) is 5.41 Å². The van der Waals surface area contributed by atoms with Gasteiger partial charge >= 0.3 is 0 Å². The molecule has 1 aromatic heterocycles. The highest BCUT2D eigenvalue weighted by atomic mass is 16.5. The van der Waals surface area contributed by atoms with Gasteiger partial charge in [-0.25, -0.2) is 0 Å². The monoisotopic (exact) mass is 410 g/mol. The minimum atomic E-state index is 0.0895. The molecular weight excluding hydrogens is 380 g/mol. The van der Waals surface area contributed by atoms with Crippen LogP contribution >= 0.6 is 0 Å². The van der Waals surface area contributed by atoms with Crippen molar-refractivity contribution in [3.05, 3.63) is 42.0 Å². The zero-order chi connectivity index (χ0) is 21.7. The molecule has 0 fully saturated rings. The topological polar surface area (TPSA) is 66.6 Å². The fourth-order valence-corrected chi connectivity index (χ4v) is 3.08. The van der Waals surface area contributed by atoms with Gasteiger partial charge in [0.15, 0.2) is 11.5 Å². The summed E-state index contributed by atoms with van der Waals surface area (Å²) in [6.07, 6.45) is 0. The molecular formula is C24H30N2O4. The first-order chi connectivity index (χ1) is 14.4. The van der Waals surface area contributed by atoms with Crippen LogP contribution in [0.2, 0.25) is 0 Å². The Balaban J connectivity index is 1.97. The van der Waals surface area contributed by atoms with Gasteiger partial charge in [-0.2, -0.15) is 0 Å². The summed E-state index contributed by atoms with van der Waals surface area (Å²) in [5.74, 6) is 2.64. The van der Waals surface area contributed by atoms with Gasteiger partial charge in [-0.05, 0) is 56.0 Å². The third-order valence-electron chi connectivity index (χ3n) is 4.58. The van der Waals surface area contributed by atoms with Gasteiger partial charge in [0.2, 0.25) is 17.5 Å². The SMILES string of the molecule is CCOc1cc(-c2nnc(-c3ccc(C(C)(C)C)cc3)o2)cc(OCC)c1OCC. The molecule has 2 aromatic carbocycles. The van der Waals surface area contributed by atoms with E-state index in [1.165, 1.54) is 5.56 Å². The van der Waals surface area contributed by atoms with Gasteiger partial charge in [-0.15, -0.1) is 10.2 Å². The summed E-state index contributed by atoms with van der Waals surface area (Å²) in [6.45, 7) is 13.8. The van der Waals surface area contributed by atoms with Crippen molar-refractivity contribution < 1.29 is 18.6 Å². The first kappa shape index (κ1) is 21.7. The Hall–Kier alpha value is -3.02. The molecule has 0 amide bonds. The first-order valence-corrected chi connectivity index (χ1v) is 10.4. The quantitative estimate of drug-likeness (QED) is 0.461. The number of ether oxygens (including phenoxy) is 3. The number of aromatic nitrogens is 2. The Morgan fingerprint density at radius 1 is 0.733 bits per heavy atom. The molecule has 0 N–H and O–H groups in total. The summed E-state index contributed by atoms with van der Waals surface area (Å²) in [5.41, 5.74) is 2.94. The maximum absolute atomic E-state index is 5.97. The molecule has 160 valence electrons. The van der Waals surface area contributed by atoms with Crippen LogP contribution in [0.15, 0.2) is 40.8 Å². The first-order valence-electron chi connectivity index (χ1n) is 10.4. The summed E-state index contributed by atoms with van der Waals surface area (Å²) < 4.78 is 23.3. The number of hydrogen-bond donors (Lipinski definition) is 0. The second kappa shape index (κ2) is 9.20. The molecule has 3 rings (SSSR count). The second-order valence-electron chi connectivity index (χ2n) is 7.84. The lowest BCUT2D eigenvalue weighted by atomic mass is 9.87. The van der Waals surface area contributed by atoms with E-state index in [0.29, 0.717) is 48.9 Å². The fourth-order valence-electron chi connectivity index (χ4n) is 3.08. The molecule has 6 heteroatoms. The van der Waals surface area contributed by atoms with E-state index in [0.717, 1.165) is 11.1 Å². The van der Waals surface area contributed by atoms with Crippen LogP contribution < -0.4 is 14.2 Å². The number of benzene rings is 2. The van der Waals surface area contributed by atoms with Gasteiger partial charge in [0.05, 0.1) is 19.8 Å². The molecule has 3 aromatic rings. The summed E-state index contributed by atoms with van der Waals surface area (Å²) in [5, 5.41) is 8.48. The average molecular weight is 411 g/mol. The van der Waals surface area contributed by atoms with Gasteiger partial charge in [-0.1, -0.05) is 32.9 Å². The number of hydrogen-bond acceptors (Lipinski definition) is 6. The van der Waals surface area contributed by atoms with Gasteiger partial charge in [0, 0.05) is 11.1 Å². The molecule has 1 heterocycles. The Bertz CT molecular complexity index is 945. The van der Waals surface area contributed by atoms with Crippen LogP contribution in [0.3, 0.4) is 0 Å². The van der Waals surface area contributed by atoms with Crippen molar-refractivity contribution in [3.8, 4) is 40.2 Å². The highest BCUT2D eigenvalue weighted by molar-refractivity contribution is 5.66. The summed E-state index contributed by atoms with van der Waals surface area (Å²) in [6, 6.07) is 11.9. The summed E-state index contributed by atoms with van der Waals surface area (Å²) in [4.78, 5) is 0. The molecule has 0 saturated heterocycles. The van der Waals surface area contributed by atoms with E-state index in [1.54, 1.807) is 0 Å². The van der Waals surface area contributed by atoms with E-state index in [-0.39, 0.29) is 5.41 Å². The van der Waals surface area contributed by atoms with E-state index >= 15 is 0 Å². The third kappa shape index (κ3) is 4.75. The highest BCUT2D eigenvalue weighted by Crippen LogP contribution is 2.42. The van der Waals surface area contributed by atoms with Crippen LogP contribution in [-0.4, -0.2) is 30.0 Å². The molecule has 0 spiro atoms. The lowest BCUT2D eigenvalue weighted by Gasteiger charge is -2.18. The van der Waals surface area contributed by atoms with Crippen LogP contribution in [0.25, 0.3) is 22.9 Å². The molecule has 0 radical (unpaired) electrons. The molecule has 0 bridgehead atoms.